The van der Waals surface area contributed by atoms with Crippen LogP contribution in [0.15, 0.2) is 12.4 Å². The third kappa shape index (κ3) is 1.69. The van der Waals surface area contributed by atoms with Gasteiger partial charge in [0.25, 0.3) is 0 Å². The van der Waals surface area contributed by atoms with E-state index in [9.17, 15) is 4.79 Å². The maximum absolute atomic E-state index is 10.6. The normalized spacial score (nSPS) is 9.80. The van der Waals surface area contributed by atoms with Crippen LogP contribution >= 0.6 is 0 Å². The van der Waals surface area contributed by atoms with E-state index in [0.29, 0.717) is 6.42 Å². The van der Waals surface area contributed by atoms with Gasteiger partial charge in [0.1, 0.15) is 5.78 Å². The average Bonchev–Trinajstić information content (AvgIpc) is 2.13. The van der Waals surface area contributed by atoms with Crippen molar-refractivity contribution in [3.05, 3.63) is 18.0 Å². The molecule has 0 saturated carbocycles. The lowest BCUT2D eigenvalue weighted by molar-refractivity contribution is -0.116. The first kappa shape index (κ1) is 6.99. The fourth-order valence-electron chi connectivity index (χ4n) is 0.851. The van der Waals surface area contributed by atoms with E-state index < -0.39 is 0 Å². The van der Waals surface area contributed by atoms with Crippen LogP contribution in [0.5, 0.6) is 0 Å². The summed E-state index contributed by atoms with van der Waals surface area (Å²) in [6.45, 7) is 1.58. The van der Waals surface area contributed by atoms with E-state index in [4.69, 9.17) is 0 Å². The Morgan fingerprint density at radius 1 is 1.80 bits per heavy atom. The zero-order valence-corrected chi connectivity index (χ0v) is 6.16. The molecule has 0 aromatic carbocycles. The summed E-state index contributed by atoms with van der Waals surface area (Å²) in [4.78, 5) is 10.6. The quantitative estimate of drug-likeness (QED) is 0.598. The molecule has 0 atom stereocenters. The van der Waals surface area contributed by atoms with Crippen LogP contribution in [0, 0.1) is 0 Å². The number of rotatable bonds is 2. The first-order valence-electron chi connectivity index (χ1n) is 3.15. The number of hydrogen-bond acceptors (Lipinski definition) is 2. The Morgan fingerprint density at radius 2 is 2.50 bits per heavy atom. The van der Waals surface area contributed by atoms with Crippen LogP contribution in [-0.2, 0) is 18.3 Å². The molecule has 0 unspecified atom stereocenters. The molecular weight excluding hydrogens is 128 g/mol. The number of aromatic nitrogens is 2. The first-order valence-corrected chi connectivity index (χ1v) is 3.15. The molecular formula is C7H10N2O. The van der Waals surface area contributed by atoms with E-state index >= 15 is 0 Å². The van der Waals surface area contributed by atoms with Gasteiger partial charge in [-0.1, -0.05) is 0 Å². The summed E-state index contributed by atoms with van der Waals surface area (Å²) >= 11 is 0. The van der Waals surface area contributed by atoms with E-state index in [1.165, 1.54) is 0 Å². The molecule has 0 radical (unpaired) electrons. The van der Waals surface area contributed by atoms with Crippen LogP contribution in [0.4, 0.5) is 0 Å². The molecule has 3 nitrogen and oxygen atoms in total. The van der Waals surface area contributed by atoms with Gasteiger partial charge in [-0.25, -0.2) is 0 Å². The Labute approximate surface area is 59.7 Å². The molecule has 54 valence electrons. The number of hydrogen-bond donors (Lipinski definition) is 0. The molecule has 1 heterocycles. The van der Waals surface area contributed by atoms with Crippen molar-refractivity contribution < 1.29 is 4.79 Å². The average molecular weight is 138 g/mol. The van der Waals surface area contributed by atoms with Crippen molar-refractivity contribution >= 4 is 5.78 Å². The van der Waals surface area contributed by atoms with Crippen molar-refractivity contribution in [2.75, 3.05) is 0 Å². The van der Waals surface area contributed by atoms with Crippen LogP contribution in [-0.4, -0.2) is 15.6 Å². The topological polar surface area (TPSA) is 34.9 Å². The summed E-state index contributed by atoms with van der Waals surface area (Å²) in [6.07, 6.45) is 4.05. The predicted octanol–water partition coefficient (Wildman–Crippen LogP) is 0.552. The Hall–Kier alpha value is -1.12. The highest BCUT2D eigenvalue weighted by Gasteiger charge is 1.97. The van der Waals surface area contributed by atoms with Crippen molar-refractivity contribution in [2.24, 2.45) is 7.05 Å². The zero-order valence-electron chi connectivity index (χ0n) is 6.16. The lowest BCUT2D eigenvalue weighted by atomic mass is 10.2. The molecule has 0 aliphatic heterocycles. The third-order valence-electron chi connectivity index (χ3n) is 1.21. The molecule has 0 aliphatic carbocycles. The summed E-state index contributed by atoms with van der Waals surface area (Å²) in [5.41, 5.74) is 0.981. The van der Waals surface area contributed by atoms with Crippen molar-refractivity contribution in [1.82, 2.24) is 9.78 Å². The van der Waals surface area contributed by atoms with Crippen LogP contribution in [0.25, 0.3) is 0 Å². The summed E-state index contributed by atoms with van der Waals surface area (Å²) in [5, 5.41) is 3.93. The summed E-state index contributed by atoms with van der Waals surface area (Å²) in [7, 11) is 1.84. The van der Waals surface area contributed by atoms with Crippen molar-refractivity contribution in [3.63, 3.8) is 0 Å². The Balaban J connectivity index is 2.67. The molecule has 1 aromatic heterocycles. The summed E-state index contributed by atoms with van der Waals surface area (Å²) in [5.74, 6) is 0.174. The van der Waals surface area contributed by atoms with Crippen LogP contribution in [0.2, 0.25) is 0 Å². The Bertz CT molecular complexity index is 240. The van der Waals surface area contributed by atoms with Gasteiger partial charge in [0, 0.05) is 19.7 Å². The lowest BCUT2D eigenvalue weighted by Gasteiger charge is -1.86. The van der Waals surface area contributed by atoms with Crippen LogP contribution in [0.3, 0.4) is 0 Å². The van der Waals surface area contributed by atoms with Gasteiger partial charge in [0.2, 0.25) is 0 Å². The predicted molar refractivity (Wildman–Crippen MR) is 37.6 cm³/mol. The van der Waals surface area contributed by atoms with Crippen molar-refractivity contribution in [1.29, 1.82) is 0 Å². The monoisotopic (exact) mass is 138 g/mol. The van der Waals surface area contributed by atoms with Gasteiger partial charge in [0.05, 0.1) is 6.20 Å². The maximum Gasteiger partial charge on any atom is 0.134 e. The molecule has 0 spiro atoms. The highest BCUT2D eigenvalue weighted by molar-refractivity contribution is 5.77. The van der Waals surface area contributed by atoms with Gasteiger partial charge >= 0.3 is 0 Å². The molecule has 0 aliphatic rings. The smallest absolute Gasteiger partial charge is 0.134 e. The molecule has 1 rings (SSSR count). The largest absolute Gasteiger partial charge is 0.300 e. The number of Topliss-reactive ketones (excluding diaryl/α,β-unsaturated/α-hetero) is 1. The molecule has 0 bridgehead atoms. The molecule has 0 N–H and O–H groups in total. The van der Waals surface area contributed by atoms with Gasteiger partial charge in [-0.15, -0.1) is 0 Å². The fourth-order valence-corrected chi connectivity index (χ4v) is 0.851. The minimum Gasteiger partial charge on any atom is -0.300 e. The zero-order chi connectivity index (χ0) is 7.56. The van der Waals surface area contributed by atoms with E-state index in [0.717, 1.165) is 5.56 Å². The molecule has 0 amide bonds. The molecule has 10 heavy (non-hydrogen) atoms. The van der Waals surface area contributed by atoms with Gasteiger partial charge in [0.15, 0.2) is 0 Å². The van der Waals surface area contributed by atoms with Gasteiger partial charge in [-0.3, -0.25) is 9.48 Å². The van der Waals surface area contributed by atoms with E-state index in [2.05, 4.69) is 5.10 Å². The number of aryl methyl sites for hydroxylation is 1. The highest BCUT2D eigenvalue weighted by Crippen LogP contribution is 1.96. The molecule has 0 saturated heterocycles. The van der Waals surface area contributed by atoms with Gasteiger partial charge < -0.3 is 0 Å². The number of ketones is 1. The maximum atomic E-state index is 10.6. The van der Waals surface area contributed by atoms with Crippen LogP contribution in [0.1, 0.15) is 12.5 Å². The van der Waals surface area contributed by atoms with E-state index in [1.54, 1.807) is 17.8 Å². The second-order valence-corrected chi connectivity index (χ2v) is 2.40. The number of carbonyl (C=O) groups excluding carboxylic acids is 1. The highest BCUT2D eigenvalue weighted by atomic mass is 16.1. The van der Waals surface area contributed by atoms with E-state index in [1.807, 2.05) is 13.2 Å². The van der Waals surface area contributed by atoms with Crippen molar-refractivity contribution in [3.8, 4) is 0 Å². The van der Waals surface area contributed by atoms with Crippen LogP contribution < -0.4 is 0 Å². The summed E-state index contributed by atoms with van der Waals surface area (Å²) in [6, 6.07) is 0. The minimum atomic E-state index is 0.174. The van der Waals surface area contributed by atoms with Gasteiger partial charge in [-0.2, -0.15) is 5.10 Å². The van der Waals surface area contributed by atoms with Crippen molar-refractivity contribution in [2.45, 2.75) is 13.3 Å². The Morgan fingerprint density at radius 3 is 2.90 bits per heavy atom. The second kappa shape index (κ2) is 2.64. The number of carbonyl (C=O) groups is 1. The summed E-state index contributed by atoms with van der Waals surface area (Å²) < 4.78 is 1.69. The van der Waals surface area contributed by atoms with Gasteiger partial charge in [-0.05, 0) is 12.5 Å². The lowest BCUT2D eigenvalue weighted by Crippen LogP contribution is -1.94. The Kier molecular flexibility index (Phi) is 1.85. The molecule has 1 aromatic rings. The molecule has 0 fully saturated rings. The minimum absolute atomic E-state index is 0.174. The second-order valence-electron chi connectivity index (χ2n) is 2.40. The third-order valence-corrected chi connectivity index (χ3v) is 1.21. The first-order chi connectivity index (χ1) is 4.68. The molecule has 3 heteroatoms. The SMILES string of the molecule is CC(=O)Cc1cnn(C)c1. The standard InChI is InChI=1S/C7H10N2O/c1-6(10)3-7-4-8-9(2)5-7/h4-5H,3H2,1-2H3. The fraction of sp³-hybridized carbons (Fsp3) is 0.429. The van der Waals surface area contributed by atoms with E-state index in [-0.39, 0.29) is 5.78 Å². The number of nitrogens with zero attached hydrogens (tertiary/aromatic N) is 2.